The summed E-state index contributed by atoms with van der Waals surface area (Å²) in [5, 5.41) is 2.26. The minimum absolute atomic E-state index is 0. The maximum Gasteiger partial charge on any atom is 2.00 e. The Kier molecular flexibility index (Phi) is 9.10. The summed E-state index contributed by atoms with van der Waals surface area (Å²) in [5.74, 6) is 0.352. The topological polar surface area (TPSA) is 46.6 Å². The molecule has 3 aliphatic rings. The predicted molar refractivity (Wildman–Crippen MR) is 134 cm³/mol. The van der Waals surface area contributed by atoms with Crippen LogP contribution in [0.15, 0.2) is 42.5 Å². The molecule has 2 saturated carbocycles. The average molecular weight is 509 g/mol. The van der Waals surface area contributed by atoms with E-state index in [0.29, 0.717) is 6.42 Å². The fourth-order valence-corrected chi connectivity index (χ4v) is 4.33. The molecule has 1 saturated heterocycles. The molecular formula is C30H31FeNO3+2. The van der Waals surface area contributed by atoms with Gasteiger partial charge in [0, 0.05) is 17.8 Å². The van der Waals surface area contributed by atoms with Crippen molar-refractivity contribution in [1.29, 1.82) is 0 Å². The molecule has 180 valence electrons. The van der Waals surface area contributed by atoms with Crippen molar-refractivity contribution in [3.63, 3.8) is 0 Å². The molecule has 2 atom stereocenters. The van der Waals surface area contributed by atoms with Gasteiger partial charge < -0.3 is 4.74 Å². The van der Waals surface area contributed by atoms with Gasteiger partial charge in [-0.2, -0.15) is 0 Å². The fourth-order valence-electron chi connectivity index (χ4n) is 4.33. The molecule has 5 heteroatoms. The number of benzene rings is 2. The summed E-state index contributed by atoms with van der Waals surface area (Å²) in [6.45, 7) is 7.43. The van der Waals surface area contributed by atoms with E-state index < -0.39 is 17.2 Å². The summed E-state index contributed by atoms with van der Waals surface area (Å²) in [6, 6.07) is 14.3. The van der Waals surface area contributed by atoms with E-state index in [-0.39, 0.29) is 28.9 Å². The normalized spacial score (nSPS) is 24.6. The van der Waals surface area contributed by atoms with Crippen LogP contribution in [0, 0.1) is 69.1 Å². The quantitative estimate of drug-likeness (QED) is 0.416. The minimum Gasteiger partial charge on any atom is -0.439 e. The van der Waals surface area contributed by atoms with Crippen molar-refractivity contribution in [2.75, 3.05) is 0 Å². The average Bonchev–Trinajstić information content (AvgIpc) is 3.57. The third-order valence-corrected chi connectivity index (χ3v) is 6.18. The molecule has 3 fully saturated rings. The SMILES string of the molecule is CC(C)(C)C(=O)N1[C@H]([C]2[CH][CH][CH][CH]2)OC(=O)[C@@]1(C)Cc1ccc2ccccc2c1.[CH]1[CH][CH][CH][CH]1.[Fe+2]. The van der Waals surface area contributed by atoms with E-state index in [2.05, 4.69) is 24.3 Å². The van der Waals surface area contributed by atoms with Crippen molar-refractivity contribution in [3.05, 3.63) is 112 Å². The van der Waals surface area contributed by atoms with Crippen LogP contribution in [0.2, 0.25) is 0 Å². The Bertz CT molecular complexity index is 1010. The summed E-state index contributed by atoms with van der Waals surface area (Å²) >= 11 is 0. The molecule has 0 unspecified atom stereocenters. The Hall–Kier alpha value is -1.84. The number of nitrogens with zero attached hydrogens (tertiary/aromatic N) is 1. The first kappa shape index (κ1) is 27.7. The molecule has 1 heterocycles. The Balaban J connectivity index is 0.000000509. The number of hydrogen-bond acceptors (Lipinski definition) is 3. The van der Waals surface area contributed by atoms with E-state index in [4.69, 9.17) is 4.74 Å². The Morgan fingerprint density at radius 1 is 0.914 bits per heavy atom. The summed E-state index contributed by atoms with van der Waals surface area (Å²) in [7, 11) is 0. The number of amides is 1. The maximum absolute atomic E-state index is 13.4. The molecule has 2 aromatic carbocycles. The van der Waals surface area contributed by atoms with Crippen LogP contribution in [0.1, 0.15) is 33.3 Å². The van der Waals surface area contributed by atoms with Crippen molar-refractivity contribution in [2.45, 2.75) is 45.9 Å². The number of cyclic esters (lactones) is 1. The van der Waals surface area contributed by atoms with Gasteiger partial charge in [0.1, 0.15) is 5.54 Å². The first-order valence-corrected chi connectivity index (χ1v) is 11.6. The summed E-state index contributed by atoms with van der Waals surface area (Å²) in [6.07, 6.45) is 17.3. The van der Waals surface area contributed by atoms with Gasteiger partial charge >= 0.3 is 23.0 Å². The van der Waals surface area contributed by atoms with Crippen molar-refractivity contribution < 1.29 is 31.4 Å². The van der Waals surface area contributed by atoms with Gasteiger partial charge in [0.25, 0.3) is 0 Å². The monoisotopic (exact) mass is 509 g/mol. The van der Waals surface area contributed by atoms with Crippen molar-refractivity contribution in [1.82, 2.24) is 4.90 Å². The van der Waals surface area contributed by atoms with Crippen LogP contribution < -0.4 is 0 Å². The fraction of sp³-hybridized carbons (Fsp3) is 0.267. The molecule has 0 bridgehead atoms. The largest absolute Gasteiger partial charge is 2.00 e. The van der Waals surface area contributed by atoms with Crippen LogP contribution in [-0.2, 0) is 37.8 Å². The Morgan fingerprint density at radius 2 is 1.49 bits per heavy atom. The molecule has 0 N–H and O–H groups in total. The van der Waals surface area contributed by atoms with E-state index in [1.165, 1.54) is 0 Å². The van der Waals surface area contributed by atoms with E-state index in [1.807, 2.05) is 104 Å². The molecule has 2 aromatic rings. The number of ether oxygens (including phenoxy) is 1. The van der Waals surface area contributed by atoms with Gasteiger partial charge in [-0.15, -0.1) is 0 Å². The first-order valence-electron chi connectivity index (χ1n) is 11.6. The molecule has 1 aliphatic heterocycles. The summed E-state index contributed by atoms with van der Waals surface area (Å²) < 4.78 is 5.78. The van der Waals surface area contributed by atoms with Crippen LogP contribution in [-0.4, -0.2) is 28.5 Å². The molecule has 0 aromatic heterocycles. The minimum atomic E-state index is -1.07. The predicted octanol–water partition coefficient (Wildman–Crippen LogP) is 5.32. The van der Waals surface area contributed by atoms with Crippen LogP contribution in [0.3, 0.4) is 0 Å². The van der Waals surface area contributed by atoms with Gasteiger partial charge in [0.2, 0.25) is 5.91 Å². The van der Waals surface area contributed by atoms with Gasteiger partial charge in [-0.05, 0) is 81.0 Å². The van der Waals surface area contributed by atoms with Crippen molar-refractivity contribution in [2.24, 2.45) is 5.41 Å². The second-order valence-electron chi connectivity index (χ2n) is 10.00. The zero-order valence-corrected chi connectivity index (χ0v) is 21.7. The summed E-state index contributed by atoms with van der Waals surface area (Å²) in [4.78, 5) is 28.2. The van der Waals surface area contributed by atoms with Crippen LogP contribution in [0.25, 0.3) is 10.8 Å². The van der Waals surface area contributed by atoms with Gasteiger partial charge in [0.15, 0.2) is 6.23 Å². The molecule has 10 radical (unpaired) electrons. The second-order valence-corrected chi connectivity index (χ2v) is 10.00. The molecule has 0 spiro atoms. The van der Waals surface area contributed by atoms with Crippen molar-refractivity contribution >= 4 is 22.6 Å². The van der Waals surface area contributed by atoms with Gasteiger partial charge in [-0.25, -0.2) is 4.79 Å². The first-order chi connectivity index (χ1) is 16.2. The molecular weight excluding hydrogens is 478 g/mol. The van der Waals surface area contributed by atoms with Crippen molar-refractivity contribution in [3.8, 4) is 0 Å². The zero-order chi connectivity index (χ0) is 24.3. The number of rotatable bonds is 3. The van der Waals surface area contributed by atoms with Gasteiger partial charge in [-0.3, -0.25) is 9.69 Å². The third-order valence-electron chi connectivity index (χ3n) is 6.18. The molecule has 1 amide bonds. The van der Waals surface area contributed by atoms with Gasteiger partial charge in [0.05, 0.1) is 0 Å². The molecule has 35 heavy (non-hydrogen) atoms. The number of esters is 1. The maximum atomic E-state index is 13.4. The van der Waals surface area contributed by atoms with E-state index in [0.717, 1.165) is 22.3 Å². The summed E-state index contributed by atoms with van der Waals surface area (Å²) in [5.41, 5.74) is -0.712. The number of fused-ring (bicyclic) bond motifs is 1. The van der Waals surface area contributed by atoms with E-state index >= 15 is 0 Å². The van der Waals surface area contributed by atoms with Crippen LogP contribution >= 0.6 is 0 Å². The Morgan fingerprint density at radius 3 is 2.06 bits per heavy atom. The number of carbonyl (C=O) groups excluding carboxylic acids is 2. The molecule has 5 rings (SSSR count). The molecule has 2 aliphatic carbocycles. The van der Waals surface area contributed by atoms with E-state index in [1.54, 1.807) is 4.90 Å². The van der Waals surface area contributed by atoms with Crippen LogP contribution in [0.5, 0.6) is 0 Å². The third kappa shape index (κ3) is 6.12. The smallest absolute Gasteiger partial charge is 0.439 e. The molecule has 4 nitrogen and oxygen atoms in total. The van der Waals surface area contributed by atoms with Crippen LogP contribution in [0.4, 0.5) is 0 Å². The Labute approximate surface area is 221 Å². The second kappa shape index (κ2) is 11.5. The zero-order valence-electron chi connectivity index (χ0n) is 20.5. The number of hydrogen-bond donors (Lipinski definition) is 0. The standard InChI is InChI=1S/C25H26NO3.C5H5.Fe/c1-24(2,3)22(27)26-21(19-10-6-7-11-19)29-23(28)25(26,4)16-17-13-14-18-9-5-8-12-20(18)15-17;1-2-4-5-3-1;/h5-15,21H,16H2,1-4H3;1-5H;/q;;+2/t21-,25+;;/m0../s1. The van der Waals surface area contributed by atoms with Gasteiger partial charge in [-0.1, -0.05) is 63.2 Å². The number of carbonyl (C=O) groups is 2. The van der Waals surface area contributed by atoms with E-state index in [9.17, 15) is 9.59 Å².